The van der Waals surface area contributed by atoms with Gasteiger partial charge < -0.3 is 4.74 Å². The number of ether oxygens (including phenoxy) is 1. The number of esters is 1. The highest BCUT2D eigenvalue weighted by Crippen LogP contribution is 2.25. The van der Waals surface area contributed by atoms with Gasteiger partial charge in [0.2, 0.25) is 0 Å². The van der Waals surface area contributed by atoms with Crippen LogP contribution in [-0.4, -0.2) is 11.0 Å². The first kappa shape index (κ1) is 13.2. The van der Waals surface area contributed by atoms with Crippen molar-refractivity contribution in [3.63, 3.8) is 0 Å². The molecule has 0 aromatic carbocycles. The fraction of sp³-hybridized carbons (Fsp3) is 0.667. The van der Waals surface area contributed by atoms with Crippen LogP contribution in [0.25, 0.3) is 0 Å². The fourth-order valence-electron chi connectivity index (χ4n) is 1.44. The third-order valence-electron chi connectivity index (χ3n) is 2.27. The van der Waals surface area contributed by atoms with Gasteiger partial charge in [-0.2, -0.15) is 0 Å². The van der Waals surface area contributed by atoms with Gasteiger partial charge >= 0.3 is 5.97 Å². The number of thiazole rings is 1. The van der Waals surface area contributed by atoms with E-state index in [2.05, 4.69) is 11.9 Å². The number of aromatic nitrogens is 1. The van der Waals surface area contributed by atoms with E-state index in [4.69, 9.17) is 4.74 Å². The molecule has 1 aromatic rings. The Balaban J connectivity index is 2.54. The minimum absolute atomic E-state index is 0.112. The molecule has 0 aliphatic heterocycles. The summed E-state index contributed by atoms with van der Waals surface area (Å²) in [6.07, 6.45) is 5.98. The third kappa shape index (κ3) is 4.31. The highest BCUT2D eigenvalue weighted by Gasteiger charge is 2.17. The number of carbonyl (C=O) groups is 1. The smallest absolute Gasteiger partial charge is 0.306 e. The Morgan fingerprint density at radius 1 is 1.50 bits per heavy atom. The van der Waals surface area contributed by atoms with Gasteiger partial charge in [0.05, 0.1) is 0 Å². The number of carbonyl (C=O) groups excluding carboxylic acids is 1. The largest absolute Gasteiger partial charge is 0.455 e. The number of hydrogen-bond donors (Lipinski definition) is 0. The van der Waals surface area contributed by atoms with Gasteiger partial charge in [0.1, 0.15) is 5.01 Å². The molecule has 90 valence electrons. The molecule has 16 heavy (non-hydrogen) atoms. The summed E-state index contributed by atoms with van der Waals surface area (Å²) in [6, 6.07) is 0. The van der Waals surface area contributed by atoms with Crippen molar-refractivity contribution in [3.05, 3.63) is 16.6 Å². The molecule has 0 bridgehead atoms. The zero-order valence-corrected chi connectivity index (χ0v) is 10.8. The molecule has 4 heteroatoms. The Labute approximate surface area is 101 Å². The number of nitrogens with zero attached hydrogens (tertiary/aromatic N) is 1. The molecule has 1 rings (SSSR count). The second-order valence-corrected chi connectivity index (χ2v) is 4.67. The van der Waals surface area contributed by atoms with Crippen LogP contribution < -0.4 is 0 Å². The topological polar surface area (TPSA) is 39.2 Å². The standard InChI is InChI=1S/C12H19NO2S/c1-3-5-7-10(12-13-8-9-16-12)15-11(14)6-4-2/h8-10H,3-7H2,1-2H3/t10-/m1/s1. The maximum Gasteiger partial charge on any atom is 0.306 e. The molecule has 0 aliphatic carbocycles. The Morgan fingerprint density at radius 3 is 2.88 bits per heavy atom. The molecule has 0 saturated carbocycles. The normalized spacial score (nSPS) is 12.4. The van der Waals surface area contributed by atoms with E-state index >= 15 is 0 Å². The highest BCUT2D eigenvalue weighted by atomic mass is 32.1. The molecule has 1 heterocycles. The van der Waals surface area contributed by atoms with Crippen LogP contribution in [0.5, 0.6) is 0 Å². The maximum absolute atomic E-state index is 11.5. The molecule has 0 fully saturated rings. The maximum atomic E-state index is 11.5. The van der Waals surface area contributed by atoms with Crippen molar-refractivity contribution in [2.45, 2.75) is 52.1 Å². The molecule has 0 N–H and O–H groups in total. The van der Waals surface area contributed by atoms with Crippen LogP contribution in [0.15, 0.2) is 11.6 Å². The lowest BCUT2D eigenvalue weighted by molar-refractivity contribution is -0.150. The summed E-state index contributed by atoms with van der Waals surface area (Å²) in [5.41, 5.74) is 0. The molecule has 1 aromatic heterocycles. The van der Waals surface area contributed by atoms with Gasteiger partial charge in [0.15, 0.2) is 6.10 Å². The lowest BCUT2D eigenvalue weighted by atomic mass is 10.1. The van der Waals surface area contributed by atoms with E-state index in [0.29, 0.717) is 6.42 Å². The van der Waals surface area contributed by atoms with Gasteiger partial charge in [-0.15, -0.1) is 11.3 Å². The van der Waals surface area contributed by atoms with Crippen molar-refractivity contribution in [1.29, 1.82) is 0 Å². The first-order valence-corrected chi connectivity index (χ1v) is 6.74. The van der Waals surface area contributed by atoms with E-state index in [1.807, 2.05) is 12.3 Å². The average Bonchev–Trinajstić information content (AvgIpc) is 2.77. The minimum Gasteiger partial charge on any atom is -0.455 e. The molecule has 0 amide bonds. The number of hydrogen-bond acceptors (Lipinski definition) is 4. The SMILES string of the molecule is CCCC[C@@H](OC(=O)CCC)c1nccs1. The Morgan fingerprint density at radius 2 is 2.31 bits per heavy atom. The predicted molar refractivity (Wildman–Crippen MR) is 65.4 cm³/mol. The monoisotopic (exact) mass is 241 g/mol. The van der Waals surface area contributed by atoms with Gasteiger partial charge in [0.25, 0.3) is 0 Å². The van der Waals surface area contributed by atoms with E-state index in [-0.39, 0.29) is 12.1 Å². The average molecular weight is 241 g/mol. The molecule has 1 atom stereocenters. The van der Waals surface area contributed by atoms with E-state index in [1.165, 1.54) is 0 Å². The van der Waals surface area contributed by atoms with Crippen molar-refractivity contribution in [2.24, 2.45) is 0 Å². The first-order valence-electron chi connectivity index (χ1n) is 5.86. The van der Waals surface area contributed by atoms with Crippen LogP contribution in [0.1, 0.15) is 57.1 Å². The van der Waals surface area contributed by atoms with E-state index in [1.54, 1.807) is 17.5 Å². The van der Waals surface area contributed by atoms with Crippen LogP contribution in [0, 0.1) is 0 Å². The molecule has 0 unspecified atom stereocenters. The summed E-state index contributed by atoms with van der Waals surface area (Å²) in [6.45, 7) is 4.11. The summed E-state index contributed by atoms with van der Waals surface area (Å²) in [5, 5.41) is 2.83. The lowest BCUT2D eigenvalue weighted by Crippen LogP contribution is -2.11. The molecule has 3 nitrogen and oxygen atoms in total. The van der Waals surface area contributed by atoms with Crippen molar-refractivity contribution in [3.8, 4) is 0 Å². The Bertz CT molecular complexity index is 298. The van der Waals surface area contributed by atoms with Gasteiger partial charge in [-0.3, -0.25) is 4.79 Å². The van der Waals surface area contributed by atoms with Crippen LogP contribution in [0.4, 0.5) is 0 Å². The van der Waals surface area contributed by atoms with E-state index in [9.17, 15) is 4.79 Å². The zero-order chi connectivity index (χ0) is 11.8. The van der Waals surface area contributed by atoms with Crippen LogP contribution in [0.2, 0.25) is 0 Å². The first-order chi connectivity index (χ1) is 7.77. The summed E-state index contributed by atoms with van der Waals surface area (Å²) in [5.74, 6) is -0.112. The van der Waals surface area contributed by atoms with Gasteiger partial charge in [0, 0.05) is 18.0 Å². The molecular formula is C12H19NO2S. The molecule has 0 spiro atoms. The van der Waals surface area contributed by atoms with Gasteiger partial charge in [-0.25, -0.2) is 4.98 Å². The predicted octanol–water partition coefficient (Wildman–Crippen LogP) is 3.72. The summed E-state index contributed by atoms with van der Waals surface area (Å²) >= 11 is 1.55. The summed E-state index contributed by atoms with van der Waals surface area (Å²) in [4.78, 5) is 15.7. The molecular weight excluding hydrogens is 222 g/mol. The number of unbranched alkanes of at least 4 members (excludes halogenated alkanes) is 1. The van der Waals surface area contributed by atoms with Gasteiger partial charge in [-0.1, -0.05) is 20.3 Å². The Hall–Kier alpha value is -0.900. The highest BCUT2D eigenvalue weighted by molar-refractivity contribution is 7.09. The number of rotatable bonds is 7. The van der Waals surface area contributed by atoms with Crippen LogP contribution in [0.3, 0.4) is 0 Å². The van der Waals surface area contributed by atoms with E-state index < -0.39 is 0 Å². The van der Waals surface area contributed by atoms with Crippen molar-refractivity contribution in [2.75, 3.05) is 0 Å². The quantitative estimate of drug-likeness (QED) is 0.683. The Kier molecular flexibility index (Phi) is 6.08. The minimum atomic E-state index is -0.140. The summed E-state index contributed by atoms with van der Waals surface area (Å²) in [7, 11) is 0. The second-order valence-electron chi connectivity index (χ2n) is 3.74. The van der Waals surface area contributed by atoms with Gasteiger partial charge in [-0.05, 0) is 19.3 Å². The zero-order valence-electron chi connectivity index (χ0n) is 9.94. The third-order valence-corrected chi connectivity index (χ3v) is 3.14. The van der Waals surface area contributed by atoms with Crippen LogP contribution >= 0.6 is 11.3 Å². The molecule has 0 aliphatic rings. The van der Waals surface area contributed by atoms with E-state index in [0.717, 1.165) is 30.7 Å². The van der Waals surface area contributed by atoms with Crippen LogP contribution in [-0.2, 0) is 9.53 Å². The van der Waals surface area contributed by atoms with Crippen molar-refractivity contribution < 1.29 is 9.53 Å². The fourth-order valence-corrected chi connectivity index (χ4v) is 2.14. The summed E-state index contributed by atoms with van der Waals surface area (Å²) < 4.78 is 5.45. The molecule has 0 saturated heterocycles. The van der Waals surface area contributed by atoms with Crippen molar-refractivity contribution >= 4 is 17.3 Å². The lowest BCUT2D eigenvalue weighted by Gasteiger charge is -2.15. The second kappa shape index (κ2) is 7.39. The molecule has 0 radical (unpaired) electrons. The van der Waals surface area contributed by atoms with Crippen molar-refractivity contribution in [1.82, 2.24) is 4.98 Å².